The molecular weight excluding hydrogens is 256 g/mol. The molecule has 0 aliphatic carbocycles. The first-order valence-electron chi connectivity index (χ1n) is 6.01. The van der Waals surface area contributed by atoms with Gasteiger partial charge >= 0.3 is 0 Å². The maximum atomic E-state index is 11.2. The van der Waals surface area contributed by atoms with Crippen molar-refractivity contribution < 1.29 is 4.92 Å². The number of pyridine rings is 1. The summed E-state index contributed by atoms with van der Waals surface area (Å²) in [5.41, 5.74) is 2.53. The fourth-order valence-corrected chi connectivity index (χ4v) is 2.11. The van der Waals surface area contributed by atoms with Gasteiger partial charge < -0.3 is 4.98 Å². The molecule has 1 N–H and O–H groups in total. The molecule has 5 nitrogen and oxygen atoms in total. The first-order valence-corrected chi connectivity index (χ1v) is 6.01. The summed E-state index contributed by atoms with van der Waals surface area (Å²) in [7, 11) is 0. The number of hydrogen-bond acceptors (Lipinski definition) is 3. The highest BCUT2D eigenvalue weighted by Crippen LogP contribution is 2.25. The van der Waals surface area contributed by atoms with Gasteiger partial charge in [0, 0.05) is 23.7 Å². The average Bonchev–Trinajstić information content (AvgIpc) is 2.47. The van der Waals surface area contributed by atoms with Crippen LogP contribution in [0.25, 0.3) is 22.0 Å². The van der Waals surface area contributed by atoms with Crippen molar-refractivity contribution in [1.29, 1.82) is 0 Å². The number of rotatable bonds is 2. The average molecular weight is 266 g/mol. The van der Waals surface area contributed by atoms with Crippen molar-refractivity contribution in [3.8, 4) is 11.1 Å². The van der Waals surface area contributed by atoms with Crippen LogP contribution in [0.1, 0.15) is 0 Å². The summed E-state index contributed by atoms with van der Waals surface area (Å²) < 4.78 is 0. The van der Waals surface area contributed by atoms with Crippen molar-refractivity contribution in [3.63, 3.8) is 0 Å². The normalized spacial score (nSPS) is 10.6. The number of nitrogens with one attached hydrogen (secondary N) is 1. The molecule has 0 radical (unpaired) electrons. The van der Waals surface area contributed by atoms with Gasteiger partial charge in [0.05, 0.1) is 4.92 Å². The number of aromatic amines is 1. The van der Waals surface area contributed by atoms with E-state index < -0.39 is 4.92 Å². The third kappa shape index (κ3) is 2.16. The maximum Gasteiger partial charge on any atom is 0.269 e. The van der Waals surface area contributed by atoms with Crippen LogP contribution in [-0.2, 0) is 0 Å². The largest absolute Gasteiger partial charge is 0.322 e. The fraction of sp³-hybridized carbons (Fsp3) is 0. The lowest BCUT2D eigenvalue weighted by atomic mass is 10.0. The SMILES string of the molecule is O=c1ccc2cc(-c3ccc([N+](=O)[O-])cc3)ccc2[nH]1. The number of aromatic nitrogens is 1. The monoisotopic (exact) mass is 266 g/mol. The van der Waals surface area contributed by atoms with E-state index in [0.717, 1.165) is 22.0 Å². The maximum absolute atomic E-state index is 11.2. The lowest BCUT2D eigenvalue weighted by Crippen LogP contribution is -2.01. The lowest BCUT2D eigenvalue weighted by Gasteiger charge is -2.03. The molecule has 1 aromatic heterocycles. The van der Waals surface area contributed by atoms with E-state index >= 15 is 0 Å². The van der Waals surface area contributed by atoms with E-state index in [4.69, 9.17) is 0 Å². The zero-order valence-corrected chi connectivity index (χ0v) is 10.4. The topological polar surface area (TPSA) is 76.0 Å². The Morgan fingerprint density at radius 1 is 0.900 bits per heavy atom. The zero-order chi connectivity index (χ0) is 14.1. The Hall–Kier alpha value is -2.95. The van der Waals surface area contributed by atoms with Crippen LogP contribution in [0.5, 0.6) is 0 Å². The van der Waals surface area contributed by atoms with E-state index in [1.807, 2.05) is 18.2 Å². The van der Waals surface area contributed by atoms with Crippen LogP contribution in [0.2, 0.25) is 0 Å². The highest BCUT2D eigenvalue weighted by molar-refractivity contribution is 5.84. The van der Waals surface area contributed by atoms with Crippen LogP contribution in [0.3, 0.4) is 0 Å². The first-order chi connectivity index (χ1) is 9.63. The van der Waals surface area contributed by atoms with Crippen LogP contribution in [-0.4, -0.2) is 9.91 Å². The summed E-state index contributed by atoms with van der Waals surface area (Å²) in [5, 5.41) is 11.5. The standard InChI is InChI=1S/C15H10N2O3/c18-15-8-4-12-9-11(3-7-14(12)16-15)10-1-5-13(6-2-10)17(19)20/h1-9H,(H,16,18). The molecule has 3 rings (SSSR count). The summed E-state index contributed by atoms with van der Waals surface area (Å²) in [6, 6.07) is 15.2. The minimum atomic E-state index is -0.422. The Morgan fingerprint density at radius 3 is 2.30 bits per heavy atom. The quantitative estimate of drug-likeness (QED) is 0.572. The second-order valence-electron chi connectivity index (χ2n) is 4.43. The Balaban J connectivity index is 2.07. The van der Waals surface area contributed by atoms with Crippen molar-refractivity contribution in [2.75, 3.05) is 0 Å². The van der Waals surface area contributed by atoms with E-state index in [0.29, 0.717) is 0 Å². The van der Waals surface area contributed by atoms with Crippen LogP contribution in [0.15, 0.2) is 59.4 Å². The van der Waals surface area contributed by atoms with Gasteiger partial charge in [-0.15, -0.1) is 0 Å². The number of nitrogens with zero attached hydrogens (tertiary/aromatic N) is 1. The van der Waals surface area contributed by atoms with E-state index in [-0.39, 0.29) is 11.2 Å². The number of benzene rings is 2. The predicted molar refractivity (Wildman–Crippen MR) is 76.7 cm³/mol. The Bertz CT molecular complexity index is 851. The number of hydrogen-bond donors (Lipinski definition) is 1. The van der Waals surface area contributed by atoms with Crippen LogP contribution in [0, 0.1) is 10.1 Å². The summed E-state index contributed by atoms with van der Waals surface area (Å²) in [5.74, 6) is 0. The fourth-order valence-electron chi connectivity index (χ4n) is 2.11. The molecule has 0 saturated carbocycles. The summed E-state index contributed by atoms with van der Waals surface area (Å²) in [6.07, 6.45) is 0. The molecule has 3 aromatic rings. The highest BCUT2D eigenvalue weighted by Gasteiger charge is 2.05. The zero-order valence-electron chi connectivity index (χ0n) is 10.4. The van der Waals surface area contributed by atoms with Gasteiger partial charge in [0.15, 0.2) is 0 Å². The third-order valence-corrected chi connectivity index (χ3v) is 3.14. The Morgan fingerprint density at radius 2 is 1.60 bits per heavy atom. The summed E-state index contributed by atoms with van der Waals surface area (Å²) in [6.45, 7) is 0. The molecule has 98 valence electrons. The highest BCUT2D eigenvalue weighted by atomic mass is 16.6. The van der Waals surface area contributed by atoms with Gasteiger partial charge in [-0.05, 0) is 46.8 Å². The van der Waals surface area contributed by atoms with Crippen molar-refractivity contribution in [2.45, 2.75) is 0 Å². The second-order valence-corrected chi connectivity index (χ2v) is 4.43. The third-order valence-electron chi connectivity index (χ3n) is 3.14. The van der Waals surface area contributed by atoms with E-state index in [1.165, 1.54) is 18.2 Å². The molecular formula is C15H10N2O3. The van der Waals surface area contributed by atoms with Crippen LogP contribution in [0.4, 0.5) is 5.69 Å². The summed E-state index contributed by atoms with van der Waals surface area (Å²) in [4.78, 5) is 24.2. The molecule has 0 atom stereocenters. The minimum absolute atomic E-state index is 0.0684. The van der Waals surface area contributed by atoms with Crippen molar-refractivity contribution in [1.82, 2.24) is 4.98 Å². The Labute approximate surface area is 113 Å². The molecule has 0 saturated heterocycles. The number of H-pyrrole nitrogens is 1. The van der Waals surface area contributed by atoms with Gasteiger partial charge in [0.1, 0.15) is 0 Å². The van der Waals surface area contributed by atoms with Crippen LogP contribution < -0.4 is 5.56 Å². The predicted octanol–water partition coefficient (Wildman–Crippen LogP) is 3.10. The van der Waals surface area contributed by atoms with Crippen molar-refractivity contribution >= 4 is 16.6 Å². The van der Waals surface area contributed by atoms with Crippen LogP contribution >= 0.6 is 0 Å². The molecule has 0 unspecified atom stereocenters. The number of fused-ring (bicyclic) bond motifs is 1. The van der Waals surface area contributed by atoms with Gasteiger partial charge in [0.25, 0.3) is 5.69 Å². The van der Waals surface area contributed by atoms with Gasteiger partial charge in [-0.25, -0.2) is 0 Å². The van der Waals surface area contributed by atoms with Gasteiger partial charge in [0.2, 0.25) is 5.56 Å². The molecule has 0 aliphatic heterocycles. The summed E-state index contributed by atoms with van der Waals surface area (Å²) >= 11 is 0. The molecule has 20 heavy (non-hydrogen) atoms. The molecule has 2 aromatic carbocycles. The molecule has 1 heterocycles. The number of non-ortho nitro benzene ring substituents is 1. The smallest absolute Gasteiger partial charge is 0.269 e. The van der Waals surface area contributed by atoms with Crippen molar-refractivity contribution in [2.24, 2.45) is 0 Å². The molecule has 0 fully saturated rings. The van der Waals surface area contributed by atoms with Gasteiger partial charge in [-0.1, -0.05) is 6.07 Å². The number of nitro groups is 1. The minimum Gasteiger partial charge on any atom is -0.322 e. The first kappa shape index (κ1) is 12.1. The van der Waals surface area contributed by atoms with E-state index in [1.54, 1.807) is 18.2 Å². The molecule has 0 bridgehead atoms. The lowest BCUT2D eigenvalue weighted by molar-refractivity contribution is -0.384. The number of nitro benzene ring substituents is 1. The van der Waals surface area contributed by atoms with E-state index in [2.05, 4.69) is 4.98 Å². The van der Waals surface area contributed by atoms with Gasteiger partial charge in [-0.2, -0.15) is 0 Å². The molecule has 0 aliphatic rings. The van der Waals surface area contributed by atoms with Crippen molar-refractivity contribution in [3.05, 3.63) is 75.1 Å². The second kappa shape index (κ2) is 4.62. The Kier molecular flexibility index (Phi) is 2.80. The van der Waals surface area contributed by atoms with E-state index in [9.17, 15) is 14.9 Å². The van der Waals surface area contributed by atoms with Gasteiger partial charge in [-0.3, -0.25) is 14.9 Å². The molecule has 5 heteroatoms. The molecule has 0 spiro atoms. The molecule has 0 amide bonds.